The summed E-state index contributed by atoms with van der Waals surface area (Å²) >= 11 is 1.39. The van der Waals surface area contributed by atoms with Gasteiger partial charge in [0.25, 0.3) is 0 Å². The highest BCUT2D eigenvalue weighted by Gasteiger charge is 2.16. The minimum Gasteiger partial charge on any atom is -0.494 e. The number of nitrogens with one attached hydrogen (secondary N) is 1. The second kappa shape index (κ2) is 10.6. The van der Waals surface area contributed by atoms with E-state index in [2.05, 4.69) is 22.1 Å². The Labute approximate surface area is 179 Å². The van der Waals surface area contributed by atoms with Gasteiger partial charge < -0.3 is 10.1 Å². The summed E-state index contributed by atoms with van der Waals surface area (Å²) in [4.78, 5) is 12.2. The summed E-state index contributed by atoms with van der Waals surface area (Å²) in [6.45, 7) is 6.71. The van der Waals surface area contributed by atoms with Crippen LogP contribution in [0.3, 0.4) is 0 Å². The van der Waals surface area contributed by atoms with Gasteiger partial charge >= 0.3 is 0 Å². The van der Waals surface area contributed by atoms with Crippen molar-refractivity contribution in [1.82, 2.24) is 14.8 Å². The number of allylic oxidation sites excluding steroid dienone is 1. The van der Waals surface area contributed by atoms with Crippen LogP contribution in [0.15, 0.2) is 66.3 Å². The number of anilines is 1. The average molecular weight is 427 g/mol. The molecule has 0 aliphatic rings. The molecular formula is C22H23FN4O2S. The van der Waals surface area contributed by atoms with Crippen LogP contribution in [0.2, 0.25) is 0 Å². The number of halogens is 1. The molecule has 30 heavy (non-hydrogen) atoms. The first kappa shape index (κ1) is 21.6. The number of thioether (sulfide) groups is 1. The predicted molar refractivity (Wildman–Crippen MR) is 117 cm³/mol. The van der Waals surface area contributed by atoms with Crippen molar-refractivity contribution in [2.45, 2.75) is 25.0 Å². The summed E-state index contributed by atoms with van der Waals surface area (Å²) in [7, 11) is 0. The van der Waals surface area contributed by atoms with E-state index in [1.807, 2.05) is 19.1 Å². The van der Waals surface area contributed by atoms with Crippen LogP contribution in [0.25, 0.3) is 11.4 Å². The Hall–Kier alpha value is -3.13. The van der Waals surface area contributed by atoms with E-state index < -0.39 is 0 Å². The van der Waals surface area contributed by atoms with Crippen molar-refractivity contribution >= 4 is 23.4 Å². The van der Waals surface area contributed by atoms with Crippen LogP contribution in [-0.4, -0.2) is 33.0 Å². The number of ether oxygens (including phenoxy) is 1. The maximum atomic E-state index is 14.2. The molecule has 0 aliphatic heterocycles. The number of hydrogen-bond donors (Lipinski definition) is 1. The lowest BCUT2D eigenvalue weighted by molar-refractivity contribution is -0.115. The molecule has 0 unspecified atom stereocenters. The van der Waals surface area contributed by atoms with Crippen LogP contribution in [0, 0.1) is 5.82 Å². The fourth-order valence-electron chi connectivity index (χ4n) is 2.79. The van der Waals surface area contributed by atoms with Gasteiger partial charge in [-0.2, -0.15) is 0 Å². The molecule has 0 atom stereocenters. The van der Waals surface area contributed by atoms with Gasteiger partial charge in [0.05, 0.1) is 12.2 Å². The molecule has 8 heteroatoms. The van der Waals surface area contributed by atoms with E-state index in [1.54, 1.807) is 41.0 Å². The Balaban J connectivity index is 1.59. The lowest BCUT2D eigenvalue weighted by atomic mass is 10.2. The largest absolute Gasteiger partial charge is 0.494 e. The lowest BCUT2D eigenvalue weighted by Crippen LogP contribution is -2.12. The zero-order valence-corrected chi connectivity index (χ0v) is 17.5. The number of benzene rings is 2. The highest BCUT2D eigenvalue weighted by molar-refractivity contribution is 7.99. The molecule has 3 aromatic rings. The molecule has 0 radical (unpaired) electrons. The van der Waals surface area contributed by atoms with Crippen molar-refractivity contribution in [3.05, 3.63) is 67.0 Å². The van der Waals surface area contributed by atoms with Crippen molar-refractivity contribution in [3.63, 3.8) is 0 Å². The number of nitrogens with zero attached hydrogens (tertiary/aromatic N) is 3. The Kier molecular flexibility index (Phi) is 7.62. The van der Waals surface area contributed by atoms with E-state index in [0.29, 0.717) is 47.6 Å². The van der Waals surface area contributed by atoms with Gasteiger partial charge in [-0.05, 0) is 43.3 Å². The molecule has 2 aromatic carbocycles. The molecule has 6 nitrogen and oxygen atoms in total. The van der Waals surface area contributed by atoms with Gasteiger partial charge in [-0.15, -0.1) is 16.8 Å². The van der Waals surface area contributed by atoms with Gasteiger partial charge in [-0.25, -0.2) is 4.39 Å². The van der Waals surface area contributed by atoms with Crippen molar-refractivity contribution in [2.75, 3.05) is 17.7 Å². The van der Waals surface area contributed by atoms with Crippen LogP contribution in [0.4, 0.5) is 10.1 Å². The molecule has 1 aromatic heterocycles. The van der Waals surface area contributed by atoms with Crippen LogP contribution < -0.4 is 10.1 Å². The molecule has 1 heterocycles. The van der Waals surface area contributed by atoms with E-state index in [1.165, 1.54) is 17.8 Å². The second-order valence-corrected chi connectivity index (χ2v) is 7.35. The van der Waals surface area contributed by atoms with E-state index in [-0.39, 0.29) is 11.7 Å². The van der Waals surface area contributed by atoms with Gasteiger partial charge in [-0.1, -0.05) is 30.0 Å². The maximum Gasteiger partial charge on any atom is 0.225 e. The normalized spacial score (nSPS) is 10.6. The summed E-state index contributed by atoms with van der Waals surface area (Å²) in [5.41, 5.74) is 1.09. The van der Waals surface area contributed by atoms with E-state index in [9.17, 15) is 9.18 Å². The van der Waals surface area contributed by atoms with Crippen LogP contribution in [0.1, 0.15) is 13.3 Å². The summed E-state index contributed by atoms with van der Waals surface area (Å²) < 4.78 is 21.3. The van der Waals surface area contributed by atoms with Crippen molar-refractivity contribution in [3.8, 4) is 17.1 Å². The molecule has 0 spiro atoms. The van der Waals surface area contributed by atoms with Gasteiger partial charge in [0.1, 0.15) is 11.6 Å². The third-order valence-electron chi connectivity index (χ3n) is 4.15. The van der Waals surface area contributed by atoms with E-state index in [0.717, 1.165) is 5.75 Å². The fourth-order valence-corrected chi connectivity index (χ4v) is 3.68. The fraction of sp³-hybridized carbons (Fsp3) is 0.227. The van der Waals surface area contributed by atoms with Crippen LogP contribution >= 0.6 is 11.8 Å². The van der Waals surface area contributed by atoms with Crippen molar-refractivity contribution < 1.29 is 13.9 Å². The Morgan fingerprint density at radius 2 is 2.00 bits per heavy atom. The van der Waals surface area contributed by atoms with Crippen LogP contribution in [-0.2, 0) is 11.3 Å². The summed E-state index contributed by atoms with van der Waals surface area (Å²) in [5.74, 6) is 1.25. The summed E-state index contributed by atoms with van der Waals surface area (Å²) in [6, 6.07) is 13.7. The number of hydrogen-bond acceptors (Lipinski definition) is 5. The topological polar surface area (TPSA) is 69.0 Å². The zero-order valence-electron chi connectivity index (χ0n) is 16.7. The molecular weight excluding hydrogens is 403 g/mol. The molecule has 3 rings (SSSR count). The first-order valence-electron chi connectivity index (χ1n) is 9.57. The molecule has 0 bridgehead atoms. The van der Waals surface area contributed by atoms with E-state index in [4.69, 9.17) is 4.74 Å². The molecule has 0 fully saturated rings. The van der Waals surface area contributed by atoms with Crippen molar-refractivity contribution in [2.24, 2.45) is 0 Å². The molecule has 156 valence electrons. The smallest absolute Gasteiger partial charge is 0.225 e. The third kappa shape index (κ3) is 5.48. The standard InChI is InChI=1S/C22H23FN4O2S/c1-3-14-27-21(18-7-5-6-8-19(18)23)25-26-22(27)30-15-13-20(28)24-16-9-11-17(12-10-16)29-4-2/h3,5-12H,1,4,13-15H2,2H3,(H,24,28). The van der Waals surface area contributed by atoms with Gasteiger partial charge in [0, 0.05) is 24.4 Å². The van der Waals surface area contributed by atoms with Gasteiger partial charge in [0.15, 0.2) is 11.0 Å². The first-order chi connectivity index (χ1) is 14.6. The molecule has 0 saturated carbocycles. The zero-order chi connectivity index (χ0) is 21.3. The van der Waals surface area contributed by atoms with Crippen LogP contribution in [0.5, 0.6) is 5.75 Å². The number of rotatable bonds is 10. The third-order valence-corrected chi connectivity index (χ3v) is 5.12. The highest BCUT2D eigenvalue weighted by Crippen LogP contribution is 2.26. The summed E-state index contributed by atoms with van der Waals surface area (Å²) in [5, 5.41) is 11.8. The molecule has 0 aliphatic carbocycles. The minimum absolute atomic E-state index is 0.101. The number of carbonyl (C=O) groups excluding carboxylic acids is 1. The average Bonchev–Trinajstić information content (AvgIpc) is 3.13. The highest BCUT2D eigenvalue weighted by atomic mass is 32.2. The number of amides is 1. The predicted octanol–water partition coefficient (Wildman–Crippen LogP) is 4.79. The molecule has 0 saturated heterocycles. The quantitative estimate of drug-likeness (QED) is 0.373. The number of aromatic nitrogens is 3. The lowest BCUT2D eigenvalue weighted by Gasteiger charge is -2.09. The van der Waals surface area contributed by atoms with Crippen molar-refractivity contribution in [1.29, 1.82) is 0 Å². The Bertz CT molecular complexity index is 1000. The SMILES string of the molecule is C=CCn1c(SCCC(=O)Nc2ccc(OCC)cc2)nnc1-c1ccccc1F. The van der Waals surface area contributed by atoms with E-state index >= 15 is 0 Å². The molecule has 1 N–H and O–H groups in total. The maximum absolute atomic E-state index is 14.2. The minimum atomic E-state index is -0.360. The van der Waals surface area contributed by atoms with Gasteiger partial charge in [-0.3, -0.25) is 9.36 Å². The second-order valence-electron chi connectivity index (χ2n) is 6.29. The Morgan fingerprint density at radius 1 is 1.23 bits per heavy atom. The number of carbonyl (C=O) groups is 1. The molecule has 1 amide bonds. The Morgan fingerprint density at radius 3 is 2.70 bits per heavy atom. The van der Waals surface area contributed by atoms with Gasteiger partial charge in [0.2, 0.25) is 5.91 Å². The first-order valence-corrected chi connectivity index (χ1v) is 10.6. The monoisotopic (exact) mass is 426 g/mol. The summed E-state index contributed by atoms with van der Waals surface area (Å²) in [6.07, 6.45) is 2.00.